The molecule has 78 valence electrons. The van der Waals surface area contributed by atoms with Crippen molar-refractivity contribution >= 4 is 12.0 Å². The van der Waals surface area contributed by atoms with E-state index in [0.29, 0.717) is 24.3 Å². The van der Waals surface area contributed by atoms with E-state index in [1.165, 1.54) is 7.11 Å². The van der Waals surface area contributed by atoms with Gasteiger partial charge in [0.1, 0.15) is 0 Å². The summed E-state index contributed by atoms with van der Waals surface area (Å²) in [5.41, 5.74) is 5.75. The number of esters is 1. The number of carbonyl (C=O) groups is 2. The summed E-state index contributed by atoms with van der Waals surface area (Å²) in [6, 6.07) is -0.691. The normalized spacial score (nSPS) is 16.4. The molecular weight excluding hydrogens is 188 g/mol. The lowest BCUT2D eigenvalue weighted by molar-refractivity contribution is -0.137. The molecule has 0 saturated carbocycles. The predicted molar refractivity (Wildman–Crippen MR) is 47.2 cm³/mol. The van der Waals surface area contributed by atoms with Crippen molar-refractivity contribution in [1.82, 2.24) is 5.32 Å². The van der Waals surface area contributed by atoms with E-state index < -0.39 is 12.0 Å². The predicted octanol–water partition coefficient (Wildman–Crippen LogP) is -0.498. The van der Waals surface area contributed by atoms with Crippen molar-refractivity contribution in [1.29, 1.82) is 0 Å². The van der Waals surface area contributed by atoms with Gasteiger partial charge >= 0.3 is 12.0 Å². The van der Waals surface area contributed by atoms with Crippen LogP contribution >= 0.6 is 0 Å². The minimum Gasteiger partial charge on any atom is -0.466 e. The quantitative estimate of drug-likeness (QED) is 0.588. The van der Waals surface area contributed by atoms with Crippen LogP contribution in [-0.2, 0) is 14.3 Å². The fourth-order valence-electron chi connectivity index (χ4n) is 1.18. The van der Waals surface area contributed by atoms with E-state index in [4.69, 9.17) is 10.5 Å². The number of urea groups is 1. The number of nitrogens with two attached hydrogens (primary N) is 1. The van der Waals surface area contributed by atoms with Crippen LogP contribution in [0.4, 0.5) is 4.79 Å². The Bertz CT molecular complexity index is 285. The molecule has 0 bridgehead atoms. The van der Waals surface area contributed by atoms with E-state index in [0.717, 1.165) is 0 Å². The highest BCUT2D eigenvalue weighted by Crippen LogP contribution is 2.14. The molecular formula is C8H12N2O4. The van der Waals surface area contributed by atoms with Gasteiger partial charge in [0, 0.05) is 12.1 Å². The van der Waals surface area contributed by atoms with Gasteiger partial charge in [-0.15, -0.1) is 0 Å². The Morgan fingerprint density at radius 3 is 2.86 bits per heavy atom. The van der Waals surface area contributed by atoms with Gasteiger partial charge in [0.2, 0.25) is 0 Å². The number of carbonyl (C=O) groups excluding carboxylic acids is 2. The third kappa shape index (κ3) is 2.46. The minimum atomic E-state index is -0.691. The molecule has 3 N–H and O–H groups in total. The Labute approximate surface area is 81.0 Å². The molecule has 0 radical (unpaired) electrons. The molecule has 2 amide bonds. The van der Waals surface area contributed by atoms with Crippen molar-refractivity contribution < 1.29 is 19.1 Å². The van der Waals surface area contributed by atoms with E-state index in [2.05, 4.69) is 10.1 Å². The van der Waals surface area contributed by atoms with Gasteiger partial charge < -0.3 is 20.5 Å². The van der Waals surface area contributed by atoms with Crippen molar-refractivity contribution in [3.8, 4) is 0 Å². The zero-order chi connectivity index (χ0) is 10.6. The summed E-state index contributed by atoms with van der Waals surface area (Å²) in [4.78, 5) is 21.8. The van der Waals surface area contributed by atoms with Gasteiger partial charge in [-0.1, -0.05) is 0 Å². The first-order chi connectivity index (χ1) is 6.65. The summed E-state index contributed by atoms with van der Waals surface area (Å²) < 4.78 is 9.60. The van der Waals surface area contributed by atoms with E-state index in [-0.39, 0.29) is 6.61 Å². The Kier molecular flexibility index (Phi) is 3.47. The second-order valence-electron chi connectivity index (χ2n) is 2.74. The lowest BCUT2D eigenvalue weighted by Gasteiger charge is -2.18. The summed E-state index contributed by atoms with van der Waals surface area (Å²) in [5.74, 6) is -0.506. The van der Waals surface area contributed by atoms with Gasteiger partial charge in [0.05, 0.1) is 25.9 Å². The van der Waals surface area contributed by atoms with Crippen molar-refractivity contribution in [3.05, 3.63) is 11.3 Å². The van der Waals surface area contributed by atoms with Gasteiger partial charge in [0.15, 0.2) is 0 Å². The number of amides is 2. The molecule has 0 saturated heterocycles. The summed E-state index contributed by atoms with van der Waals surface area (Å²) in [6.07, 6.45) is 0.452. The molecule has 14 heavy (non-hydrogen) atoms. The topological polar surface area (TPSA) is 90.6 Å². The first-order valence-electron chi connectivity index (χ1n) is 4.09. The molecule has 0 aromatic rings. The maximum absolute atomic E-state index is 11.2. The Morgan fingerprint density at radius 2 is 2.29 bits per heavy atom. The van der Waals surface area contributed by atoms with Crippen molar-refractivity contribution in [2.75, 3.05) is 20.3 Å². The SMILES string of the molecule is COC(=O)C1=C(NC(N)=O)CCOC1. The number of hydrogen-bond acceptors (Lipinski definition) is 4. The third-order valence-electron chi connectivity index (χ3n) is 1.81. The largest absolute Gasteiger partial charge is 0.466 e. The number of ether oxygens (including phenoxy) is 2. The van der Waals surface area contributed by atoms with E-state index in [1.807, 2.05) is 0 Å². The zero-order valence-electron chi connectivity index (χ0n) is 7.83. The molecule has 0 aliphatic carbocycles. The lowest BCUT2D eigenvalue weighted by Crippen LogP contribution is -2.34. The van der Waals surface area contributed by atoms with Gasteiger partial charge in [0.25, 0.3) is 0 Å². The highest BCUT2D eigenvalue weighted by atomic mass is 16.5. The molecule has 6 heteroatoms. The second kappa shape index (κ2) is 4.61. The number of hydrogen-bond donors (Lipinski definition) is 2. The Morgan fingerprint density at radius 1 is 1.57 bits per heavy atom. The van der Waals surface area contributed by atoms with Crippen molar-refractivity contribution in [2.45, 2.75) is 6.42 Å². The van der Waals surface area contributed by atoms with Gasteiger partial charge in [-0.2, -0.15) is 0 Å². The van der Waals surface area contributed by atoms with Crippen LogP contribution in [0.15, 0.2) is 11.3 Å². The standard InChI is InChI=1S/C8H12N2O4/c1-13-7(11)5-4-14-3-2-6(5)10-8(9)12/h2-4H2,1H3,(H3,9,10,12). The molecule has 1 aliphatic heterocycles. The number of rotatable bonds is 2. The fourth-order valence-corrected chi connectivity index (χ4v) is 1.18. The summed E-state index contributed by atoms with van der Waals surface area (Å²) in [5, 5.41) is 2.38. The molecule has 1 heterocycles. The van der Waals surface area contributed by atoms with Crippen LogP contribution in [0.1, 0.15) is 6.42 Å². The average molecular weight is 200 g/mol. The van der Waals surface area contributed by atoms with Crippen molar-refractivity contribution in [2.24, 2.45) is 5.73 Å². The lowest BCUT2D eigenvalue weighted by atomic mass is 10.1. The second-order valence-corrected chi connectivity index (χ2v) is 2.74. The first-order valence-corrected chi connectivity index (χ1v) is 4.09. The molecule has 0 spiro atoms. The van der Waals surface area contributed by atoms with Crippen LogP contribution in [0.5, 0.6) is 0 Å². The molecule has 1 aliphatic rings. The molecule has 0 aromatic carbocycles. The van der Waals surface area contributed by atoms with Gasteiger partial charge in [-0.3, -0.25) is 0 Å². The third-order valence-corrected chi connectivity index (χ3v) is 1.81. The van der Waals surface area contributed by atoms with Crippen molar-refractivity contribution in [3.63, 3.8) is 0 Å². The number of nitrogens with one attached hydrogen (secondary N) is 1. The smallest absolute Gasteiger partial charge is 0.337 e. The molecule has 0 fully saturated rings. The maximum Gasteiger partial charge on any atom is 0.337 e. The monoisotopic (exact) mass is 200 g/mol. The zero-order valence-corrected chi connectivity index (χ0v) is 7.83. The molecule has 0 unspecified atom stereocenters. The Hall–Kier alpha value is -1.56. The van der Waals surface area contributed by atoms with Crippen LogP contribution in [-0.4, -0.2) is 32.3 Å². The minimum absolute atomic E-state index is 0.141. The molecule has 0 aromatic heterocycles. The Balaban J connectivity index is 2.84. The van der Waals surface area contributed by atoms with E-state index >= 15 is 0 Å². The average Bonchev–Trinajstić information content (AvgIpc) is 2.16. The molecule has 6 nitrogen and oxygen atoms in total. The van der Waals surface area contributed by atoms with Crippen LogP contribution in [0, 0.1) is 0 Å². The fraction of sp³-hybridized carbons (Fsp3) is 0.500. The number of methoxy groups -OCH3 is 1. The maximum atomic E-state index is 11.2. The van der Waals surface area contributed by atoms with Gasteiger partial charge in [-0.05, 0) is 0 Å². The highest BCUT2D eigenvalue weighted by molar-refractivity contribution is 5.90. The van der Waals surface area contributed by atoms with Crippen LogP contribution in [0.3, 0.4) is 0 Å². The summed E-state index contributed by atoms with van der Waals surface area (Å²) >= 11 is 0. The summed E-state index contributed by atoms with van der Waals surface area (Å²) in [6.45, 7) is 0.596. The summed E-state index contributed by atoms with van der Waals surface area (Å²) in [7, 11) is 1.27. The number of primary amides is 1. The van der Waals surface area contributed by atoms with E-state index in [9.17, 15) is 9.59 Å². The van der Waals surface area contributed by atoms with Crippen LogP contribution in [0.2, 0.25) is 0 Å². The van der Waals surface area contributed by atoms with E-state index in [1.54, 1.807) is 0 Å². The highest BCUT2D eigenvalue weighted by Gasteiger charge is 2.20. The van der Waals surface area contributed by atoms with Crippen LogP contribution in [0.25, 0.3) is 0 Å². The first kappa shape index (κ1) is 10.5. The molecule has 0 atom stereocenters. The van der Waals surface area contributed by atoms with Gasteiger partial charge in [-0.25, -0.2) is 9.59 Å². The van der Waals surface area contributed by atoms with Crippen LogP contribution < -0.4 is 11.1 Å². The molecule has 1 rings (SSSR count).